The number of quaternary nitrogens is 2. The first-order chi connectivity index (χ1) is 21.6. The summed E-state index contributed by atoms with van der Waals surface area (Å²) in [5, 5.41) is 21.8. The minimum Gasteiger partial charge on any atom is -0.477 e. The smallest absolute Gasteiger partial charge is 0.352 e. The van der Waals surface area contributed by atoms with Crippen molar-refractivity contribution in [3.63, 3.8) is 0 Å². The van der Waals surface area contributed by atoms with Crippen LogP contribution < -0.4 is 15.8 Å². The van der Waals surface area contributed by atoms with E-state index < -0.39 is 57.7 Å². The third-order valence-electron chi connectivity index (χ3n) is 11.0. The average Bonchev–Trinajstić information content (AvgIpc) is 3.33. The predicted octanol–water partition coefficient (Wildman–Crippen LogP) is -0.824. The van der Waals surface area contributed by atoms with Gasteiger partial charge >= 0.3 is 5.97 Å². The van der Waals surface area contributed by atoms with Crippen molar-refractivity contribution < 1.29 is 46.8 Å². The maximum absolute atomic E-state index is 14.1. The molecule has 244 valence electrons. The Bertz CT molecular complexity index is 1870. The highest BCUT2D eigenvalue weighted by atomic mass is 32.2. The van der Waals surface area contributed by atoms with Gasteiger partial charge in [-0.05, 0) is 24.6 Å². The van der Waals surface area contributed by atoms with Crippen LogP contribution >= 0.6 is 0 Å². The van der Waals surface area contributed by atoms with Crippen LogP contribution in [0.3, 0.4) is 0 Å². The van der Waals surface area contributed by atoms with Crippen molar-refractivity contribution in [2.75, 3.05) is 50.1 Å². The number of fused-ring (bicyclic) bond motifs is 1. The Labute approximate surface area is 265 Å². The molecular formula is C31H38N6O8S+2. The number of hydrogen-bond donors (Lipinski definition) is 4. The van der Waals surface area contributed by atoms with Gasteiger partial charge in [-0.1, -0.05) is 19.1 Å². The number of aliphatic hydroxyl groups excluding tert-OH is 1. The van der Waals surface area contributed by atoms with Crippen molar-refractivity contribution in [2.24, 2.45) is 23.3 Å². The molecule has 1 spiro atoms. The molecule has 2 aromatic carbocycles. The Balaban J connectivity index is 1.23. The Hall–Kier alpha value is -4.05. The van der Waals surface area contributed by atoms with Crippen LogP contribution in [-0.2, 0) is 42.3 Å². The fourth-order valence-corrected chi connectivity index (χ4v) is 10.6. The number of carboxylic acid groups (broad SMARTS) is 1. The molecule has 2 fully saturated rings. The zero-order valence-electron chi connectivity index (χ0n) is 25.7. The maximum Gasteiger partial charge on any atom is 0.352 e. The Morgan fingerprint density at radius 3 is 2.11 bits per heavy atom. The van der Waals surface area contributed by atoms with E-state index in [2.05, 4.69) is 0 Å². The van der Waals surface area contributed by atoms with Crippen LogP contribution in [0.2, 0.25) is 0 Å². The van der Waals surface area contributed by atoms with E-state index in [1.807, 2.05) is 12.1 Å². The van der Waals surface area contributed by atoms with Crippen molar-refractivity contribution in [1.82, 2.24) is 4.90 Å². The first-order valence-corrected chi connectivity index (χ1v) is 16.9. The van der Waals surface area contributed by atoms with E-state index in [-0.39, 0.29) is 34.7 Å². The number of sulfonamides is 1. The highest BCUT2D eigenvalue weighted by Gasteiger charge is 2.60. The number of carboxylic acids is 1. The van der Waals surface area contributed by atoms with E-state index >= 15 is 0 Å². The molecule has 7 rings (SSSR count). The molecule has 14 nitrogen and oxygen atoms in total. The zero-order valence-corrected chi connectivity index (χ0v) is 26.5. The van der Waals surface area contributed by atoms with Crippen LogP contribution in [0, 0.1) is 11.8 Å². The monoisotopic (exact) mass is 654 g/mol. The fourth-order valence-electron chi connectivity index (χ4n) is 8.91. The summed E-state index contributed by atoms with van der Waals surface area (Å²) in [6.07, 6.45) is -0.964. The van der Waals surface area contributed by atoms with Crippen LogP contribution in [-0.4, -0.2) is 114 Å². The second-order valence-corrected chi connectivity index (χ2v) is 15.6. The van der Waals surface area contributed by atoms with Crippen molar-refractivity contribution in [1.29, 1.82) is 0 Å². The molecule has 0 radical (unpaired) electrons. The van der Waals surface area contributed by atoms with Gasteiger partial charge in [-0.3, -0.25) is 23.2 Å². The predicted molar refractivity (Wildman–Crippen MR) is 164 cm³/mol. The van der Waals surface area contributed by atoms with Crippen LogP contribution in [0.5, 0.6) is 0 Å². The quantitative estimate of drug-likeness (QED) is 0.209. The van der Waals surface area contributed by atoms with Crippen molar-refractivity contribution >= 4 is 50.2 Å². The maximum atomic E-state index is 14.1. The number of rotatable bonds is 8. The van der Waals surface area contributed by atoms with E-state index in [0.717, 1.165) is 16.5 Å². The molecule has 0 bridgehead atoms. The van der Waals surface area contributed by atoms with Crippen molar-refractivity contribution in [2.45, 2.75) is 44.0 Å². The van der Waals surface area contributed by atoms with Crippen LogP contribution in [0.4, 0.5) is 5.69 Å². The number of anilines is 1. The minimum absolute atomic E-state index is 0.0422. The number of hydrogen-bond acceptors (Lipinski definition) is 7. The van der Waals surface area contributed by atoms with Gasteiger partial charge in [0.1, 0.15) is 45.0 Å². The topological polar surface area (TPSA) is 201 Å². The van der Waals surface area contributed by atoms with Crippen molar-refractivity contribution in [3.05, 3.63) is 46.7 Å². The lowest BCUT2D eigenvalue weighted by molar-refractivity contribution is -1.04. The van der Waals surface area contributed by atoms with Gasteiger partial charge in [-0.2, -0.15) is 0 Å². The first kappa shape index (κ1) is 30.6. The molecule has 2 saturated heterocycles. The number of aliphatic carboxylic acids is 1. The number of benzene rings is 2. The molecule has 0 saturated carbocycles. The Morgan fingerprint density at radius 2 is 1.57 bits per heavy atom. The number of carbonyl (C=O) groups is 4. The summed E-state index contributed by atoms with van der Waals surface area (Å²) < 4.78 is 30.3. The molecule has 15 heteroatoms. The molecule has 6 N–H and O–H groups in total. The highest BCUT2D eigenvalue weighted by molar-refractivity contribution is 7.93. The summed E-state index contributed by atoms with van der Waals surface area (Å²) in [7, 11) is -4.05. The van der Waals surface area contributed by atoms with E-state index in [1.165, 1.54) is 16.1 Å². The third kappa shape index (κ3) is 4.21. The number of piperazine rings is 1. The molecular weight excluding hydrogens is 616 g/mol. The summed E-state index contributed by atoms with van der Waals surface area (Å²) in [5.74, 6) is -3.96. The van der Waals surface area contributed by atoms with E-state index in [4.69, 9.17) is 11.5 Å². The molecule has 0 unspecified atom stereocenters. The van der Waals surface area contributed by atoms with Gasteiger partial charge in [0, 0.05) is 27.8 Å². The zero-order chi connectivity index (χ0) is 33.1. The molecule has 46 heavy (non-hydrogen) atoms. The van der Waals surface area contributed by atoms with Crippen LogP contribution in [0.25, 0.3) is 10.8 Å². The lowest BCUT2D eigenvalue weighted by atomic mass is 9.77. The normalized spacial score (nSPS) is 27.1. The van der Waals surface area contributed by atoms with Gasteiger partial charge in [0.05, 0.1) is 35.2 Å². The number of carbonyl (C=O) groups excluding carboxylic acids is 3. The lowest BCUT2D eigenvalue weighted by Gasteiger charge is -2.50. The first-order valence-electron chi connectivity index (χ1n) is 15.4. The van der Waals surface area contributed by atoms with Gasteiger partial charge in [-0.15, -0.1) is 0 Å². The molecule has 5 aliphatic heterocycles. The Kier molecular flexibility index (Phi) is 6.63. The Morgan fingerprint density at radius 1 is 0.978 bits per heavy atom. The number of primary amides is 2. The summed E-state index contributed by atoms with van der Waals surface area (Å²) in [5.41, 5.74) is 13.7. The number of nitrogens with two attached hydrogens (primary N) is 2. The molecule has 5 heterocycles. The second-order valence-electron chi connectivity index (χ2n) is 13.8. The SMILES string of the molecule is C[C@@H](O)[C@H]1C(=O)N2C(C(=O)O)=C(CN3c4ccc5c6c(ccc(c46)S3(=O)=O)C[N+]3(CC[N+](CC(N)=O)(CC(N)=O)CC3)C5)[C@H](C)[C@H]12. The molecule has 4 atom stereocenters. The summed E-state index contributed by atoms with van der Waals surface area (Å²) in [4.78, 5) is 50.4. The van der Waals surface area contributed by atoms with E-state index in [9.17, 15) is 37.8 Å². The van der Waals surface area contributed by atoms with Gasteiger partial charge in [0.15, 0.2) is 13.1 Å². The molecule has 5 aliphatic rings. The van der Waals surface area contributed by atoms with Gasteiger partial charge in [-0.25, -0.2) is 13.2 Å². The van der Waals surface area contributed by atoms with E-state index in [1.54, 1.807) is 19.1 Å². The summed E-state index contributed by atoms with van der Waals surface area (Å²) >= 11 is 0. The molecule has 3 amide bonds. The lowest BCUT2D eigenvalue weighted by Crippen LogP contribution is -2.69. The standard InChI is InChI=1S/C31H36N6O8S/c1-16-20(29(31(42)43)35-28(16)25(17(2)38)30(35)41)11-34-21-5-3-18-12-36(7-9-37(10-8-36,14-23(32)39)15-24(33)40)13-19-4-6-22(46(34,44)45)27(21)26(18)19/h3-6,16-17,25,28,38H,7-15H2,1-2H3,(H3-2,32,33,39,40,42,43)/p+2/t16-,17+,25+,28+/m0/s1. The summed E-state index contributed by atoms with van der Waals surface area (Å²) in [6, 6.07) is 6.64. The van der Waals surface area contributed by atoms with Gasteiger partial charge in [0.25, 0.3) is 21.8 Å². The average molecular weight is 655 g/mol. The number of nitrogens with zero attached hydrogens (tertiary/aromatic N) is 4. The largest absolute Gasteiger partial charge is 0.477 e. The second kappa shape index (κ2) is 9.97. The van der Waals surface area contributed by atoms with Gasteiger partial charge in [0.2, 0.25) is 5.91 Å². The third-order valence-corrected chi connectivity index (χ3v) is 12.8. The van der Waals surface area contributed by atoms with Crippen LogP contribution in [0.15, 0.2) is 40.4 Å². The van der Waals surface area contributed by atoms with Gasteiger partial charge < -0.3 is 31.1 Å². The molecule has 0 aromatic heterocycles. The number of aliphatic hydroxyl groups is 1. The van der Waals surface area contributed by atoms with Crippen molar-refractivity contribution in [3.8, 4) is 0 Å². The van der Waals surface area contributed by atoms with Crippen LogP contribution in [0.1, 0.15) is 25.0 Å². The minimum atomic E-state index is -4.05. The summed E-state index contributed by atoms with van der Waals surface area (Å²) in [6.45, 7) is 6.90. The number of amides is 3. The number of β-lactam (4-membered cyclic amide) rings is 1. The van der Waals surface area contributed by atoms with E-state index in [0.29, 0.717) is 60.4 Å². The fraction of sp³-hybridized carbons (Fsp3) is 0.484. The highest BCUT2D eigenvalue weighted by Crippen LogP contribution is 2.51. The molecule has 0 aliphatic carbocycles. The molecule has 2 aromatic rings.